The fourth-order valence-corrected chi connectivity index (χ4v) is 1.68. The average Bonchev–Trinajstić information content (AvgIpc) is 2.19. The molecule has 1 rings (SSSR count). The highest BCUT2D eigenvalue weighted by molar-refractivity contribution is 9.10. The maximum absolute atomic E-state index is 6.04. The van der Waals surface area contributed by atoms with Crippen LogP contribution in [0.3, 0.4) is 0 Å². The highest BCUT2D eigenvalue weighted by Gasteiger charge is 2.06. The molecule has 84 valence electrons. The Hall–Kier alpha value is -0.410. The highest BCUT2D eigenvalue weighted by atomic mass is 79.9. The number of nitrogens with two attached hydrogens (primary N) is 1. The quantitative estimate of drug-likeness (QED) is 0.893. The van der Waals surface area contributed by atoms with Crippen LogP contribution in [-0.2, 0) is 6.42 Å². The summed E-state index contributed by atoms with van der Waals surface area (Å²) in [6, 6.07) is 4.28. The van der Waals surface area contributed by atoms with E-state index in [-0.39, 0.29) is 6.04 Å². The van der Waals surface area contributed by atoms with E-state index in [1.807, 2.05) is 18.3 Å². The number of pyridine rings is 1. The number of rotatable bonds is 5. The lowest BCUT2D eigenvalue weighted by Crippen LogP contribution is -2.23. The van der Waals surface area contributed by atoms with Gasteiger partial charge in [-0.1, -0.05) is 13.8 Å². The average molecular weight is 271 g/mol. The van der Waals surface area contributed by atoms with Crippen LogP contribution in [-0.4, -0.2) is 11.0 Å². The third kappa shape index (κ3) is 5.28. The van der Waals surface area contributed by atoms with Gasteiger partial charge in [0.1, 0.15) is 0 Å². The second kappa shape index (κ2) is 6.23. The molecule has 0 saturated carbocycles. The van der Waals surface area contributed by atoms with E-state index >= 15 is 0 Å². The Labute approximate surface area is 100 Å². The summed E-state index contributed by atoms with van der Waals surface area (Å²) < 4.78 is 1.02. The zero-order valence-electron chi connectivity index (χ0n) is 9.41. The minimum absolute atomic E-state index is 0.237. The number of hydrogen-bond donors (Lipinski definition) is 1. The first-order valence-corrected chi connectivity index (χ1v) is 6.23. The van der Waals surface area contributed by atoms with Gasteiger partial charge in [-0.3, -0.25) is 4.98 Å². The van der Waals surface area contributed by atoms with Gasteiger partial charge in [0.25, 0.3) is 0 Å². The summed E-state index contributed by atoms with van der Waals surface area (Å²) >= 11 is 3.37. The lowest BCUT2D eigenvalue weighted by atomic mass is 10.0. The molecule has 15 heavy (non-hydrogen) atoms. The summed E-state index contributed by atoms with van der Waals surface area (Å²) in [5.74, 6) is 0.730. The predicted octanol–water partition coefficient (Wildman–Crippen LogP) is 3.15. The largest absolute Gasteiger partial charge is 0.327 e. The molecule has 0 aliphatic rings. The van der Waals surface area contributed by atoms with Crippen LogP contribution in [0.15, 0.2) is 22.8 Å². The van der Waals surface area contributed by atoms with Gasteiger partial charge in [-0.2, -0.15) is 0 Å². The SMILES string of the molecule is CC(C)CCC(N)Cc1ccc(Br)cn1. The zero-order chi connectivity index (χ0) is 11.3. The maximum Gasteiger partial charge on any atom is 0.0419 e. The van der Waals surface area contributed by atoms with Gasteiger partial charge in [0.05, 0.1) is 0 Å². The lowest BCUT2D eigenvalue weighted by molar-refractivity contribution is 0.492. The zero-order valence-corrected chi connectivity index (χ0v) is 11.0. The summed E-state index contributed by atoms with van der Waals surface area (Å²) in [7, 11) is 0. The molecule has 0 saturated heterocycles. The van der Waals surface area contributed by atoms with Crippen molar-refractivity contribution in [1.29, 1.82) is 0 Å². The molecule has 1 aromatic rings. The van der Waals surface area contributed by atoms with Gasteiger partial charge in [0.15, 0.2) is 0 Å². The first kappa shape index (κ1) is 12.7. The van der Waals surface area contributed by atoms with Crippen LogP contribution in [0.25, 0.3) is 0 Å². The van der Waals surface area contributed by atoms with E-state index in [0.29, 0.717) is 0 Å². The molecule has 0 amide bonds. The molecule has 0 aliphatic heterocycles. The van der Waals surface area contributed by atoms with Crippen LogP contribution < -0.4 is 5.73 Å². The van der Waals surface area contributed by atoms with Gasteiger partial charge in [0.2, 0.25) is 0 Å². The number of hydrogen-bond acceptors (Lipinski definition) is 2. The molecule has 1 atom stereocenters. The number of nitrogens with zero attached hydrogens (tertiary/aromatic N) is 1. The van der Waals surface area contributed by atoms with Gasteiger partial charge >= 0.3 is 0 Å². The second-order valence-corrected chi connectivity index (χ2v) is 5.32. The molecule has 0 radical (unpaired) electrons. The summed E-state index contributed by atoms with van der Waals surface area (Å²) in [6.07, 6.45) is 4.97. The Balaban J connectivity index is 2.37. The van der Waals surface area contributed by atoms with E-state index in [0.717, 1.165) is 28.9 Å². The Morgan fingerprint density at radius 2 is 2.07 bits per heavy atom. The molecule has 1 unspecified atom stereocenters. The van der Waals surface area contributed by atoms with Crippen LogP contribution >= 0.6 is 15.9 Å². The van der Waals surface area contributed by atoms with Gasteiger partial charge in [-0.15, -0.1) is 0 Å². The maximum atomic E-state index is 6.04. The smallest absolute Gasteiger partial charge is 0.0419 e. The van der Waals surface area contributed by atoms with Crippen molar-refractivity contribution >= 4 is 15.9 Å². The molecule has 0 bridgehead atoms. The van der Waals surface area contributed by atoms with Gasteiger partial charge in [-0.25, -0.2) is 0 Å². The van der Waals surface area contributed by atoms with Crippen LogP contribution in [0.5, 0.6) is 0 Å². The molecule has 1 heterocycles. The second-order valence-electron chi connectivity index (χ2n) is 4.40. The van der Waals surface area contributed by atoms with Crippen molar-refractivity contribution in [2.45, 2.75) is 39.2 Å². The summed E-state index contributed by atoms with van der Waals surface area (Å²) in [6.45, 7) is 4.45. The van der Waals surface area contributed by atoms with Crippen molar-refractivity contribution in [2.24, 2.45) is 11.7 Å². The Morgan fingerprint density at radius 3 is 2.60 bits per heavy atom. The Morgan fingerprint density at radius 1 is 1.33 bits per heavy atom. The normalized spacial score (nSPS) is 13.1. The molecule has 0 fully saturated rings. The molecule has 2 nitrogen and oxygen atoms in total. The van der Waals surface area contributed by atoms with E-state index in [1.165, 1.54) is 6.42 Å². The van der Waals surface area contributed by atoms with Crippen LogP contribution in [0.4, 0.5) is 0 Å². The molecular weight excluding hydrogens is 252 g/mol. The van der Waals surface area contributed by atoms with E-state index in [4.69, 9.17) is 5.73 Å². The fraction of sp³-hybridized carbons (Fsp3) is 0.583. The fourth-order valence-electron chi connectivity index (χ4n) is 1.45. The number of halogens is 1. The van der Waals surface area contributed by atoms with Crippen LogP contribution in [0.1, 0.15) is 32.4 Å². The van der Waals surface area contributed by atoms with Crippen molar-refractivity contribution in [3.8, 4) is 0 Å². The third-order valence-corrected chi connectivity index (χ3v) is 2.84. The van der Waals surface area contributed by atoms with E-state index in [1.54, 1.807) is 0 Å². The van der Waals surface area contributed by atoms with Crippen LogP contribution in [0.2, 0.25) is 0 Å². The first-order valence-electron chi connectivity index (χ1n) is 5.44. The highest BCUT2D eigenvalue weighted by Crippen LogP contribution is 2.11. The Bertz CT molecular complexity index is 282. The van der Waals surface area contributed by atoms with Crippen molar-refractivity contribution in [3.63, 3.8) is 0 Å². The van der Waals surface area contributed by atoms with Crippen LogP contribution in [0, 0.1) is 5.92 Å². The van der Waals surface area contributed by atoms with Crippen molar-refractivity contribution in [1.82, 2.24) is 4.98 Å². The molecule has 2 N–H and O–H groups in total. The summed E-state index contributed by atoms with van der Waals surface area (Å²) in [5, 5.41) is 0. The first-order chi connectivity index (χ1) is 7.08. The van der Waals surface area contributed by atoms with E-state index in [2.05, 4.69) is 34.8 Å². The molecular formula is C12H19BrN2. The minimum atomic E-state index is 0.237. The van der Waals surface area contributed by atoms with Crippen molar-refractivity contribution in [3.05, 3.63) is 28.5 Å². The van der Waals surface area contributed by atoms with E-state index in [9.17, 15) is 0 Å². The number of aromatic nitrogens is 1. The third-order valence-electron chi connectivity index (χ3n) is 2.37. The lowest BCUT2D eigenvalue weighted by Gasteiger charge is -2.12. The molecule has 0 aliphatic carbocycles. The Kier molecular flexibility index (Phi) is 5.26. The monoisotopic (exact) mass is 270 g/mol. The molecule has 0 spiro atoms. The topological polar surface area (TPSA) is 38.9 Å². The standard InChI is InChI=1S/C12H19BrN2/c1-9(2)3-5-11(14)7-12-6-4-10(13)8-15-12/h4,6,8-9,11H,3,5,7,14H2,1-2H3. The molecule has 0 aromatic carbocycles. The van der Waals surface area contributed by atoms with Crippen molar-refractivity contribution < 1.29 is 0 Å². The summed E-state index contributed by atoms with van der Waals surface area (Å²) in [4.78, 5) is 4.32. The predicted molar refractivity (Wildman–Crippen MR) is 67.7 cm³/mol. The van der Waals surface area contributed by atoms with Crippen molar-refractivity contribution in [2.75, 3.05) is 0 Å². The molecule has 1 aromatic heterocycles. The van der Waals surface area contributed by atoms with E-state index < -0.39 is 0 Å². The molecule has 3 heteroatoms. The van der Waals surface area contributed by atoms with Gasteiger partial charge in [-0.05, 0) is 46.8 Å². The van der Waals surface area contributed by atoms with Gasteiger partial charge < -0.3 is 5.73 Å². The van der Waals surface area contributed by atoms with Gasteiger partial charge in [0, 0.05) is 28.8 Å². The minimum Gasteiger partial charge on any atom is -0.327 e. The summed E-state index contributed by atoms with van der Waals surface area (Å²) in [5.41, 5.74) is 7.12.